The lowest BCUT2D eigenvalue weighted by molar-refractivity contribution is -0.0217. The molecule has 0 aliphatic heterocycles. The van der Waals surface area contributed by atoms with Crippen LogP contribution in [0.25, 0.3) is 34.1 Å². The van der Waals surface area contributed by atoms with Crippen molar-refractivity contribution in [3.63, 3.8) is 0 Å². The number of rotatable bonds is 6. The molecule has 0 saturated heterocycles. The summed E-state index contributed by atoms with van der Waals surface area (Å²) < 4.78 is 47.6. The number of hydrogen-bond donors (Lipinski definition) is 0. The summed E-state index contributed by atoms with van der Waals surface area (Å²) in [5.41, 5.74) is 6.28. The summed E-state index contributed by atoms with van der Waals surface area (Å²) in [5.74, 6) is -3.08. The predicted molar refractivity (Wildman–Crippen MR) is 144 cm³/mol. The van der Waals surface area contributed by atoms with Gasteiger partial charge in [0.1, 0.15) is 11.9 Å². The first-order valence-corrected chi connectivity index (χ1v) is 12.6. The van der Waals surface area contributed by atoms with Crippen molar-refractivity contribution in [1.82, 2.24) is 38.9 Å². The summed E-state index contributed by atoms with van der Waals surface area (Å²) in [6.45, 7) is 6.78. The first kappa shape index (κ1) is 25.5. The number of pyridine rings is 1. The van der Waals surface area contributed by atoms with Crippen LogP contribution < -0.4 is 0 Å². The van der Waals surface area contributed by atoms with E-state index in [0.29, 0.717) is 22.9 Å². The lowest BCUT2D eigenvalue weighted by atomic mass is 10.0. The Balaban J connectivity index is 1.36. The van der Waals surface area contributed by atoms with Crippen LogP contribution in [0, 0.1) is 26.6 Å². The maximum atomic E-state index is 14.7. The number of aromatic nitrogens is 8. The highest BCUT2D eigenvalue weighted by Crippen LogP contribution is 2.35. The van der Waals surface area contributed by atoms with Crippen LogP contribution in [0.15, 0.2) is 73.4 Å². The molecule has 0 fully saturated rings. The normalized spacial score (nSPS) is 12.8. The molecular formula is C29H25F3N8. The molecule has 5 heterocycles. The van der Waals surface area contributed by atoms with Gasteiger partial charge in [0.2, 0.25) is 0 Å². The van der Waals surface area contributed by atoms with E-state index in [1.807, 2.05) is 49.7 Å². The fourth-order valence-corrected chi connectivity index (χ4v) is 4.93. The zero-order chi connectivity index (χ0) is 28.2. The molecule has 0 bridgehead atoms. The van der Waals surface area contributed by atoms with Gasteiger partial charge in [-0.3, -0.25) is 14.2 Å². The SMILES string of the molecule is Cc1cc(-c2cncc(-c3cnn(C(c4ccc(F)cc4)C(C)(F)F)c3)n2)cn2nc(-n3c(C)ccc3C)nc12. The molecule has 6 rings (SSSR count). The molecule has 11 heteroatoms. The third kappa shape index (κ3) is 4.53. The fraction of sp³-hybridized carbons (Fsp3) is 0.207. The summed E-state index contributed by atoms with van der Waals surface area (Å²) in [5, 5.41) is 8.90. The van der Waals surface area contributed by atoms with E-state index < -0.39 is 17.8 Å². The minimum absolute atomic E-state index is 0.240. The second-order valence-electron chi connectivity index (χ2n) is 9.95. The molecule has 1 unspecified atom stereocenters. The Morgan fingerprint density at radius 3 is 2.17 bits per heavy atom. The van der Waals surface area contributed by atoms with E-state index in [0.717, 1.165) is 47.2 Å². The monoisotopic (exact) mass is 542 g/mol. The van der Waals surface area contributed by atoms with Crippen LogP contribution >= 0.6 is 0 Å². The number of benzene rings is 1. The topological polar surface area (TPSA) is 78.7 Å². The van der Waals surface area contributed by atoms with Crippen LogP contribution in [-0.4, -0.2) is 44.8 Å². The fourth-order valence-electron chi connectivity index (χ4n) is 4.93. The standard InChI is InChI=1S/C29H25F3N8/c1-17-11-21(15-39-27(17)36-28(37-39)40-18(2)5-6-19(40)3)24-13-33-14-25(35-24)22-12-34-38(16-22)26(29(4,31)32)20-7-9-23(30)10-8-20/h5-16,26H,1-4H3. The Hall–Kier alpha value is -4.80. The maximum absolute atomic E-state index is 14.7. The van der Waals surface area contributed by atoms with Gasteiger partial charge in [0.15, 0.2) is 5.65 Å². The van der Waals surface area contributed by atoms with Crippen molar-refractivity contribution in [3.05, 3.63) is 102 Å². The summed E-state index contributed by atoms with van der Waals surface area (Å²) >= 11 is 0. The van der Waals surface area contributed by atoms with E-state index in [9.17, 15) is 13.2 Å². The van der Waals surface area contributed by atoms with Gasteiger partial charge in [-0.2, -0.15) is 10.1 Å². The number of nitrogens with zero attached hydrogens (tertiary/aromatic N) is 8. The number of aryl methyl sites for hydroxylation is 3. The maximum Gasteiger partial charge on any atom is 0.271 e. The Morgan fingerprint density at radius 2 is 1.50 bits per heavy atom. The largest absolute Gasteiger partial charge is 0.286 e. The lowest BCUT2D eigenvalue weighted by Crippen LogP contribution is -2.29. The quantitative estimate of drug-likeness (QED) is 0.252. The third-order valence-corrected chi connectivity index (χ3v) is 6.84. The van der Waals surface area contributed by atoms with E-state index in [2.05, 4.69) is 10.1 Å². The number of hydrogen-bond acceptors (Lipinski definition) is 5. The van der Waals surface area contributed by atoms with Crippen molar-refractivity contribution >= 4 is 5.65 Å². The Bertz CT molecular complexity index is 1820. The molecule has 0 amide bonds. The molecule has 0 aliphatic carbocycles. The average Bonchev–Trinajstić information content (AvgIpc) is 3.63. The highest BCUT2D eigenvalue weighted by molar-refractivity contribution is 5.66. The lowest BCUT2D eigenvalue weighted by Gasteiger charge is -2.24. The van der Waals surface area contributed by atoms with Crippen LogP contribution in [0.2, 0.25) is 0 Å². The molecule has 0 saturated carbocycles. The van der Waals surface area contributed by atoms with Gasteiger partial charge >= 0.3 is 0 Å². The zero-order valence-corrected chi connectivity index (χ0v) is 22.2. The van der Waals surface area contributed by atoms with Crippen LogP contribution in [0.1, 0.15) is 35.5 Å². The van der Waals surface area contributed by atoms with E-state index in [-0.39, 0.29) is 5.56 Å². The molecular weight excluding hydrogens is 517 g/mol. The van der Waals surface area contributed by atoms with Crippen molar-refractivity contribution in [1.29, 1.82) is 0 Å². The first-order chi connectivity index (χ1) is 19.1. The van der Waals surface area contributed by atoms with Gasteiger partial charge < -0.3 is 0 Å². The summed E-state index contributed by atoms with van der Waals surface area (Å²) in [4.78, 5) is 13.8. The van der Waals surface area contributed by atoms with E-state index >= 15 is 0 Å². The van der Waals surface area contributed by atoms with E-state index in [1.54, 1.807) is 16.9 Å². The van der Waals surface area contributed by atoms with Crippen LogP contribution in [0.3, 0.4) is 0 Å². The first-order valence-electron chi connectivity index (χ1n) is 12.6. The molecule has 40 heavy (non-hydrogen) atoms. The van der Waals surface area contributed by atoms with Crippen molar-refractivity contribution in [2.24, 2.45) is 0 Å². The van der Waals surface area contributed by atoms with Crippen molar-refractivity contribution in [2.45, 2.75) is 39.7 Å². The minimum Gasteiger partial charge on any atom is -0.286 e. The van der Waals surface area contributed by atoms with Crippen molar-refractivity contribution < 1.29 is 13.2 Å². The van der Waals surface area contributed by atoms with Crippen molar-refractivity contribution in [3.8, 4) is 28.5 Å². The molecule has 202 valence electrons. The minimum atomic E-state index is -3.16. The molecule has 8 nitrogen and oxygen atoms in total. The highest BCUT2D eigenvalue weighted by Gasteiger charge is 2.37. The highest BCUT2D eigenvalue weighted by atomic mass is 19.3. The summed E-state index contributed by atoms with van der Waals surface area (Å²) in [7, 11) is 0. The predicted octanol–water partition coefficient (Wildman–Crippen LogP) is 6.15. The summed E-state index contributed by atoms with van der Waals surface area (Å²) in [6, 6.07) is 9.58. The Labute approximate surface area is 227 Å². The van der Waals surface area contributed by atoms with E-state index in [1.165, 1.54) is 29.2 Å². The van der Waals surface area contributed by atoms with Crippen molar-refractivity contribution in [2.75, 3.05) is 0 Å². The van der Waals surface area contributed by atoms with Gasteiger partial charge in [-0.1, -0.05) is 12.1 Å². The molecule has 0 aliphatic rings. The number of alkyl halides is 2. The molecule has 1 atom stereocenters. The Morgan fingerprint density at radius 1 is 0.825 bits per heavy atom. The van der Waals surface area contributed by atoms with Gasteiger partial charge in [-0.15, -0.1) is 5.10 Å². The van der Waals surface area contributed by atoms with Crippen LogP contribution in [0.5, 0.6) is 0 Å². The van der Waals surface area contributed by atoms with E-state index in [4.69, 9.17) is 15.1 Å². The molecule has 6 aromatic rings. The number of fused-ring (bicyclic) bond motifs is 1. The second kappa shape index (κ2) is 9.44. The molecule has 0 radical (unpaired) electrons. The third-order valence-electron chi connectivity index (χ3n) is 6.84. The second-order valence-corrected chi connectivity index (χ2v) is 9.95. The molecule has 5 aromatic heterocycles. The Kier molecular flexibility index (Phi) is 6.01. The van der Waals surface area contributed by atoms with Gasteiger partial charge in [-0.25, -0.2) is 22.7 Å². The van der Waals surface area contributed by atoms with Gasteiger partial charge in [0.25, 0.3) is 11.9 Å². The molecule has 0 spiro atoms. The van der Waals surface area contributed by atoms with Gasteiger partial charge in [0, 0.05) is 41.8 Å². The zero-order valence-electron chi connectivity index (χ0n) is 22.2. The molecule has 0 N–H and O–H groups in total. The smallest absolute Gasteiger partial charge is 0.271 e. The van der Waals surface area contributed by atoms with Crippen LogP contribution in [0.4, 0.5) is 13.2 Å². The van der Waals surface area contributed by atoms with Crippen LogP contribution in [-0.2, 0) is 0 Å². The van der Waals surface area contributed by atoms with Gasteiger partial charge in [-0.05, 0) is 62.2 Å². The number of halogens is 3. The summed E-state index contributed by atoms with van der Waals surface area (Å²) in [6.07, 6.45) is 7.99. The van der Waals surface area contributed by atoms with Gasteiger partial charge in [0.05, 0.1) is 30.0 Å². The average molecular weight is 543 g/mol. The molecule has 1 aromatic carbocycles.